The van der Waals surface area contributed by atoms with Gasteiger partial charge in [0.05, 0.1) is 4.90 Å². The fraction of sp³-hybridized carbons (Fsp3) is 0.0667. The maximum Gasteiger partial charge on any atom is 0.242 e. The van der Waals surface area contributed by atoms with E-state index in [0.29, 0.717) is 0 Å². The predicted molar refractivity (Wildman–Crippen MR) is 75.7 cm³/mol. The minimum Gasteiger partial charge on any atom is -0.292 e. The molecule has 0 aromatic heterocycles. The van der Waals surface area contributed by atoms with Crippen molar-refractivity contribution < 1.29 is 18.0 Å². The molecule has 3 rings (SSSR count). The Morgan fingerprint density at radius 1 is 0.952 bits per heavy atom. The highest BCUT2D eigenvalue weighted by atomic mass is 32.2. The van der Waals surface area contributed by atoms with E-state index in [4.69, 9.17) is 0 Å². The third-order valence-electron chi connectivity index (χ3n) is 3.30. The molecule has 106 valence electrons. The summed E-state index contributed by atoms with van der Waals surface area (Å²) < 4.78 is 26.5. The van der Waals surface area contributed by atoms with Crippen LogP contribution in [0.5, 0.6) is 0 Å². The van der Waals surface area contributed by atoms with E-state index in [1.54, 1.807) is 36.4 Å². The molecule has 0 amide bonds. The Hall–Kier alpha value is -2.31. The summed E-state index contributed by atoms with van der Waals surface area (Å²) in [5.74, 6) is -1.09. The first kappa shape index (κ1) is 13.7. The molecular formula is C15H11NO4S. The Bertz CT molecular complexity index is 828. The molecule has 21 heavy (non-hydrogen) atoms. The molecule has 0 saturated heterocycles. The summed E-state index contributed by atoms with van der Waals surface area (Å²) in [7, 11) is -3.87. The van der Waals surface area contributed by atoms with Gasteiger partial charge in [0, 0.05) is 11.1 Å². The molecule has 0 spiro atoms. The number of nitrogens with one attached hydrogen (secondary N) is 1. The Morgan fingerprint density at radius 2 is 1.57 bits per heavy atom. The van der Waals surface area contributed by atoms with Gasteiger partial charge in [-0.1, -0.05) is 42.5 Å². The highest BCUT2D eigenvalue weighted by Gasteiger charge is 2.40. The molecule has 0 fully saturated rings. The average Bonchev–Trinajstić information content (AvgIpc) is 2.51. The van der Waals surface area contributed by atoms with Crippen LogP contribution in [0.1, 0.15) is 20.7 Å². The maximum absolute atomic E-state index is 12.4. The fourth-order valence-electron chi connectivity index (χ4n) is 2.27. The van der Waals surface area contributed by atoms with Crippen LogP contribution in [0.15, 0.2) is 59.5 Å². The molecule has 1 aliphatic heterocycles. The van der Waals surface area contributed by atoms with Crippen LogP contribution in [-0.2, 0) is 10.0 Å². The zero-order valence-electron chi connectivity index (χ0n) is 10.8. The number of carbonyl (C=O) groups excluding carboxylic acids is 2. The van der Waals surface area contributed by atoms with Crippen molar-refractivity contribution in [2.24, 2.45) is 0 Å². The number of hydrogen-bond donors (Lipinski definition) is 1. The Labute approximate surface area is 121 Å². The van der Waals surface area contributed by atoms with Crippen molar-refractivity contribution in [3.63, 3.8) is 0 Å². The molecule has 0 aliphatic carbocycles. The van der Waals surface area contributed by atoms with Crippen LogP contribution in [0.3, 0.4) is 0 Å². The summed E-state index contributed by atoms with van der Waals surface area (Å²) in [6, 6.07) is 12.6. The van der Waals surface area contributed by atoms with Gasteiger partial charge in [0.15, 0.2) is 11.6 Å². The van der Waals surface area contributed by atoms with E-state index in [0.717, 1.165) is 0 Å². The lowest BCUT2D eigenvalue weighted by Gasteiger charge is -2.23. The van der Waals surface area contributed by atoms with E-state index in [1.807, 2.05) is 0 Å². The van der Waals surface area contributed by atoms with Gasteiger partial charge in [-0.05, 0) is 12.1 Å². The Balaban J connectivity index is 2.08. The molecular weight excluding hydrogens is 290 g/mol. The molecule has 1 N–H and O–H groups in total. The van der Waals surface area contributed by atoms with Gasteiger partial charge >= 0.3 is 0 Å². The molecule has 0 unspecified atom stereocenters. The quantitative estimate of drug-likeness (QED) is 0.672. The minimum atomic E-state index is -3.87. The van der Waals surface area contributed by atoms with Gasteiger partial charge < -0.3 is 0 Å². The monoisotopic (exact) mass is 301 g/mol. The number of carbonyl (C=O) groups is 2. The van der Waals surface area contributed by atoms with Crippen molar-refractivity contribution >= 4 is 21.6 Å². The zero-order chi connectivity index (χ0) is 15.0. The molecule has 6 heteroatoms. The largest absolute Gasteiger partial charge is 0.292 e. The summed E-state index contributed by atoms with van der Waals surface area (Å²) in [5.41, 5.74) is 0.337. The van der Waals surface area contributed by atoms with Crippen LogP contribution in [0, 0.1) is 0 Å². The smallest absolute Gasteiger partial charge is 0.242 e. The minimum absolute atomic E-state index is 0.0468. The van der Waals surface area contributed by atoms with Gasteiger partial charge in [0.25, 0.3) is 0 Å². The van der Waals surface area contributed by atoms with E-state index >= 15 is 0 Å². The van der Waals surface area contributed by atoms with Crippen LogP contribution < -0.4 is 4.72 Å². The SMILES string of the molecule is O=C(c1ccccc1)[C@@H]1NS(=O)(=O)c2ccccc2C1=O. The second kappa shape index (κ2) is 4.91. The van der Waals surface area contributed by atoms with Gasteiger partial charge in [0.1, 0.15) is 6.04 Å². The second-order valence-electron chi connectivity index (χ2n) is 4.64. The van der Waals surface area contributed by atoms with Crippen LogP contribution in [0.4, 0.5) is 0 Å². The van der Waals surface area contributed by atoms with E-state index in [2.05, 4.69) is 4.72 Å². The van der Waals surface area contributed by atoms with E-state index in [-0.39, 0.29) is 16.0 Å². The first-order chi connectivity index (χ1) is 10.0. The number of Topliss-reactive ketones (excluding diaryl/α,β-unsaturated/α-hetero) is 2. The molecule has 0 radical (unpaired) electrons. The number of fused-ring (bicyclic) bond motifs is 1. The summed E-state index contributed by atoms with van der Waals surface area (Å²) in [6.45, 7) is 0. The van der Waals surface area contributed by atoms with E-state index in [9.17, 15) is 18.0 Å². The lowest BCUT2D eigenvalue weighted by Crippen LogP contribution is -2.50. The lowest BCUT2D eigenvalue weighted by atomic mass is 9.97. The normalized spacial score (nSPS) is 19.8. The topological polar surface area (TPSA) is 80.3 Å². The van der Waals surface area contributed by atoms with E-state index in [1.165, 1.54) is 18.2 Å². The first-order valence-electron chi connectivity index (χ1n) is 6.25. The molecule has 2 aromatic rings. The number of rotatable bonds is 2. The third-order valence-corrected chi connectivity index (χ3v) is 4.78. The number of hydrogen-bond acceptors (Lipinski definition) is 4. The van der Waals surface area contributed by atoms with Gasteiger partial charge in [-0.2, -0.15) is 4.72 Å². The van der Waals surface area contributed by atoms with Crippen molar-refractivity contribution in [2.45, 2.75) is 10.9 Å². The molecule has 5 nitrogen and oxygen atoms in total. The van der Waals surface area contributed by atoms with Crippen molar-refractivity contribution in [1.29, 1.82) is 0 Å². The van der Waals surface area contributed by atoms with Crippen molar-refractivity contribution in [3.05, 3.63) is 65.7 Å². The predicted octanol–water partition coefficient (Wildman–Crippen LogP) is 1.41. The number of ketones is 2. The Kier molecular flexibility index (Phi) is 3.19. The molecule has 1 aliphatic rings. The fourth-order valence-corrected chi connectivity index (χ4v) is 3.64. The van der Waals surface area contributed by atoms with Crippen LogP contribution >= 0.6 is 0 Å². The molecule has 2 aromatic carbocycles. The number of benzene rings is 2. The second-order valence-corrected chi connectivity index (χ2v) is 6.33. The zero-order valence-corrected chi connectivity index (χ0v) is 11.6. The summed E-state index contributed by atoms with van der Waals surface area (Å²) in [5, 5.41) is 0. The first-order valence-corrected chi connectivity index (χ1v) is 7.74. The number of sulfonamides is 1. The van der Waals surface area contributed by atoms with Crippen molar-refractivity contribution in [3.8, 4) is 0 Å². The van der Waals surface area contributed by atoms with Gasteiger partial charge in [-0.3, -0.25) is 9.59 Å². The summed E-state index contributed by atoms with van der Waals surface area (Å²) in [4.78, 5) is 24.6. The lowest BCUT2D eigenvalue weighted by molar-refractivity contribution is 0.0846. The standard InChI is InChI=1S/C15H11NO4S/c17-14(10-6-2-1-3-7-10)13-15(18)11-8-4-5-9-12(11)21(19,20)16-13/h1-9,13,16H/t13-/m0/s1. The van der Waals surface area contributed by atoms with Gasteiger partial charge in [-0.15, -0.1) is 0 Å². The summed E-state index contributed by atoms with van der Waals surface area (Å²) >= 11 is 0. The van der Waals surface area contributed by atoms with Crippen LogP contribution in [0.25, 0.3) is 0 Å². The van der Waals surface area contributed by atoms with Gasteiger partial charge in [0.2, 0.25) is 10.0 Å². The third kappa shape index (κ3) is 2.28. The maximum atomic E-state index is 12.4. The van der Waals surface area contributed by atoms with Crippen LogP contribution in [-0.4, -0.2) is 26.0 Å². The van der Waals surface area contributed by atoms with E-state index < -0.39 is 27.6 Å². The molecule has 0 saturated carbocycles. The van der Waals surface area contributed by atoms with Gasteiger partial charge in [-0.25, -0.2) is 8.42 Å². The van der Waals surface area contributed by atoms with Crippen molar-refractivity contribution in [1.82, 2.24) is 4.72 Å². The highest BCUT2D eigenvalue weighted by molar-refractivity contribution is 7.89. The van der Waals surface area contributed by atoms with Crippen molar-refractivity contribution in [2.75, 3.05) is 0 Å². The summed E-state index contributed by atoms with van der Waals surface area (Å²) in [6.07, 6.45) is 0. The molecule has 0 bridgehead atoms. The Morgan fingerprint density at radius 3 is 2.29 bits per heavy atom. The van der Waals surface area contributed by atoms with Crippen LogP contribution in [0.2, 0.25) is 0 Å². The molecule has 1 heterocycles. The molecule has 1 atom stereocenters. The average molecular weight is 301 g/mol. The highest BCUT2D eigenvalue weighted by Crippen LogP contribution is 2.24.